The Morgan fingerprint density at radius 2 is 2.05 bits per heavy atom. The fourth-order valence-corrected chi connectivity index (χ4v) is 4.54. The fourth-order valence-electron chi connectivity index (χ4n) is 2.74. The number of ketones is 1. The standard InChI is InChI=1S/C14H25O4PS/c1-19(16,18-10-7-14(20)5-2-6-14)11-13(15)12-3-8-17-9-4-12/h12,20H,2-11H2,1H3. The first-order chi connectivity index (χ1) is 9.40. The number of carbonyl (C=O) groups is 1. The molecule has 0 N–H and O–H groups in total. The van der Waals surface area contributed by atoms with Crippen LogP contribution in [0.1, 0.15) is 38.5 Å². The van der Waals surface area contributed by atoms with Crippen LogP contribution in [0.25, 0.3) is 0 Å². The number of carbonyl (C=O) groups excluding carboxylic acids is 1. The van der Waals surface area contributed by atoms with E-state index in [1.54, 1.807) is 6.66 Å². The van der Waals surface area contributed by atoms with Gasteiger partial charge in [0.15, 0.2) is 0 Å². The third kappa shape index (κ3) is 4.87. The molecule has 4 nitrogen and oxygen atoms in total. The number of Topliss-reactive ketones (excluding diaryl/α,β-unsaturated/α-hetero) is 1. The normalized spacial score (nSPS) is 25.7. The molecule has 0 aromatic rings. The van der Waals surface area contributed by atoms with E-state index in [1.165, 1.54) is 6.42 Å². The smallest absolute Gasteiger partial charge is 0.207 e. The summed E-state index contributed by atoms with van der Waals surface area (Å²) in [7, 11) is -2.81. The van der Waals surface area contributed by atoms with Crippen molar-refractivity contribution in [2.45, 2.75) is 43.3 Å². The van der Waals surface area contributed by atoms with Crippen molar-refractivity contribution >= 4 is 25.8 Å². The van der Waals surface area contributed by atoms with Crippen LogP contribution in [-0.4, -0.2) is 43.2 Å². The highest BCUT2D eigenvalue weighted by Crippen LogP contribution is 2.46. The van der Waals surface area contributed by atoms with Gasteiger partial charge in [0.25, 0.3) is 0 Å². The van der Waals surface area contributed by atoms with Gasteiger partial charge in [0.2, 0.25) is 7.37 Å². The van der Waals surface area contributed by atoms with Gasteiger partial charge in [-0.2, -0.15) is 12.6 Å². The Kier molecular flexibility index (Phi) is 5.75. The van der Waals surface area contributed by atoms with E-state index < -0.39 is 7.37 Å². The topological polar surface area (TPSA) is 52.6 Å². The molecule has 0 bridgehead atoms. The maximum Gasteiger partial charge on any atom is 0.207 e. The molecule has 0 radical (unpaired) electrons. The van der Waals surface area contributed by atoms with Crippen molar-refractivity contribution in [2.75, 3.05) is 32.6 Å². The molecule has 2 rings (SSSR count). The monoisotopic (exact) mass is 320 g/mol. The first kappa shape index (κ1) is 16.5. The maximum absolute atomic E-state index is 12.4. The van der Waals surface area contributed by atoms with Crippen LogP contribution in [0.15, 0.2) is 0 Å². The zero-order valence-electron chi connectivity index (χ0n) is 12.2. The second-order valence-electron chi connectivity index (χ2n) is 6.19. The van der Waals surface area contributed by atoms with Crippen molar-refractivity contribution in [1.29, 1.82) is 0 Å². The predicted molar refractivity (Wildman–Crippen MR) is 83.1 cm³/mol. The molecular weight excluding hydrogens is 295 g/mol. The molecule has 1 saturated heterocycles. The zero-order chi connectivity index (χ0) is 14.6. The second-order valence-corrected chi connectivity index (χ2v) is 9.74. The molecule has 2 fully saturated rings. The fraction of sp³-hybridized carbons (Fsp3) is 0.929. The minimum Gasteiger partial charge on any atom is -0.381 e. The van der Waals surface area contributed by atoms with Gasteiger partial charge in [0, 0.05) is 30.5 Å². The number of hydrogen-bond acceptors (Lipinski definition) is 5. The van der Waals surface area contributed by atoms with Crippen molar-refractivity contribution in [3.8, 4) is 0 Å². The molecule has 0 amide bonds. The molecule has 0 spiro atoms. The molecule has 1 saturated carbocycles. The van der Waals surface area contributed by atoms with E-state index in [-0.39, 0.29) is 22.6 Å². The van der Waals surface area contributed by atoms with E-state index in [2.05, 4.69) is 12.6 Å². The van der Waals surface area contributed by atoms with Crippen LogP contribution in [0.3, 0.4) is 0 Å². The van der Waals surface area contributed by atoms with E-state index in [1.807, 2.05) is 0 Å². The largest absolute Gasteiger partial charge is 0.381 e. The van der Waals surface area contributed by atoms with Gasteiger partial charge >= 0.3 is 0 Å². The van der Waals surface area contributed by atoms with Gasteiger partial charge in [-0.3, -0.25) is 9.36 Å². The van der Waals surface area contributed by atoms with Crippen molar-refractivity contribution in [2.24, 2.45) is 5.92 Å². The highest BCUT2D eigenvalue weighted by atomic mass is 32.1. The lowest BCUT2D eigenvalue weighted by Crippen LogP contribution is -2.32. The second kappa shape index (κ2) is 6.95. The van der Waals surface area contributed by atoms with Gasteiger partial charge in [0.05, 0.1) is 12.8 Å². The van der Waals surface area contributed by atoms with Crippen molar-refractivity contribution in [3.63, 3.8) is 0 Å². The predicted octanol–water partition coefficient (Wildman–Crippen LogP) is 3.15. The summed E-state index contributed by atoms with van der Waals surface area (Å²) >= 11 is 4.61. The van der Waals surface area contributed by atoms with Gasteiger partial charge in [-0.25, -0.2) is 0 Å². The first-order valence-electron chi connectivity index (χ1n) is 7.44. The quantitative estimate of drug-likeness (QED) is 0.578. The Morgan fingerprint density at radius 3 is 2.60 bits per heavy atom. The van der Waals surface area contributed by atoms with Crippen molar-refractivity contribution < 1.29 is 18.6 Å². The zero-order valence-corrected chi connectivity index (χ0v) is 14.0. The molecule has 1 atom stereocenters. The SMILES string of the molecule is CP(=O)(CC(=O)C1CCOCC1)OCCC1(S)CCC1. The lowest BCUT2D eigenvalue weighted by Gasteiger charge is -2.37. The Balaban J connectivity index is 1.71. The minimum atomic E-state index is -2.81. The average molecular weight is 320 g/mol. The number of rotatable bonds is 7. The van der Waals surface area contributed by atoms with Gasteiger partial charge in [0.1, 0.15) is 5.78 Å². The van der Waals surface area contributed by atoms with E-state index in [9.17, 15) is 9.36 Å². The van der Waals surface area contributed by atoms with Crippen LogP contribution in [0.5, 0.6) is 0 Å². The lowest BCUT2D eigenvalue weighted by molar-refractivity contribution is -0.123. The van der Waals surface area contributed by atoms with E-state index >= 15 is 0 Å². The summed E-state index contributed by atoms with van der Waals surface area (Å²) in [6.45, 7) is 3.29. The minimum absolute atomic E-state index is 0.00322. The van der Waals surface area contributed by atoms with Gasteiger partial charge in [-0.05, 0) is 32.1 Å². The van der Waals surface area contributed by atoms with Crippen LogP contribution in [0, 0.1) is 5.92 Å². The molecule has 1 heterocycles. The molecule has 6 heteroatoms. The molecule has 2 aliphatic rings. The summed E-state index contributed by atoms with van der Waals surface area (Å²) in [6, 6.07) is 0. The van der Waals surface area contributed by atoms with Crippen LogP contribution >= 0.6 is 20.0 Å². The summed E-state index contributed by atoms with van der Waals surface area (Å²) in [5, 5.41) is 0. The molecule has 0 aromatic heterocycles. The number of ether oxygens (including phenoxy) is 1. The Bertz CT molecular complexity index is 389. The van der Waals surface area contributed by atoms with E-state index in [0.717, 1.165) is 32.1 Å². The maximum atomic E-state index is 12.4. The molecule has 116 valence electrons. The van der Waals surface area contributed by atoms with Gasteiger partial charge in [-0.1, -0.05) is 6.42 Å². The third-order valence-electron chi connectivity index (χ3n) is 4.34. The molecule has 1 aliphatic carbocycles. The van der Waals surface area contributed by atoms with Crippen LogP contribution in [0.4, 0.5) is 0 Å². The van der Waals surface area contributed by atoms with E-state index in [4.69, 9.17) is 9.26 Å². The molecule has 1 aliphatic heterocycles. The summed E-state index contributed by atoms with van der Waals surface area (Å²) in [5.74, 6) is 0.0758. The van der Waals surface area contributed by atoms with Crippen molar-refractivity contribution in [1.82, 2.24) is 0 Å². The van der Waals surface area contributed by atoms with Gasteiger partial charge < -0.3 is 9.26 Å². The van der Waals surface area contributed by atoms with Gasteiger partial charge in [-0.15, -0.1) is 0 Å². The Hall–Kier alpha value is 0.170. The van der Waals surface area contributed by atoms with Crippen molar-refractivity contribution in [3.05, 3.63) is 0 Å². The first-order valence-corrected chi connectivity index (χ1v) is 10.1. The highest BCUT2D eigenvalue weighted by Gasteiger charge is 2.34. The number of hydrogen-bond donors (Lipinski definition) is 1. The summed E-state index contributed by atoms with van der Waals surface area (Å²) in [6.07, 6.45) is 5.81. The van der Waals surface area contributed by atoms with E-state index in [0.29, 0.717) is 19.8 Å². The summed E-state index contributed by atoms with van der Waals surface area (Å²) < 4.78 is 23.2. The lowest BCUT2D eigenvalue weighted by atomic mass is 9.82. The molecular formula is C14H25O4PS. The Morgan fingerprint density at radius 1 is 1.40 bits per heavy atom. The van der Waals surface area contributed by atoms with Crippen LogP contribution < -0.4 is 0 Å². The number of thiol groups is 1. The Labute approximate surface area is 126 Å². The highest BCUT2D eigenvalue weighted by molar-refractivity contribution is 7.81. The molecule has 0 aromatic carbocycles. The van der Waals surface area contributed by atoms with Crippen LogP contribution in [-0.2, 0) is 18.6 Å². The van der Waals surface area contributed by atoms with Crippen LogP contribution in [0.2, 0.25) is 0 Å². The molecule has 1 unspecified atom stereocenters. The average Bonchev–Trinajstić information content (AvgIpc) is 2.37. The third-order valence-corrected chi connectivity index (χ3v) is 6.62. The molecule has 20 heavy (non-hydrogen) atoms. The summed E-state index contributed by atoms with van der Waals surface area (Å²) in [4.78, 5) is 12.1. The summed E-state index contributed by atoms with van der Waals surface area (Å²) in [5.41, 5.74) is 0.